The second-order valence-corrected chi connectivity index (χ2v) is 5.70. The summed E-state index contributed by atoms with van der Waals surface area (Å²) in [4.78, 5) is 12.8. The number of aliphatic hydroxyl groups is 1. The van der Waals surface area contributed by atoms with Gasteiger partial charge in [-0.15, -0.1) is 11.8 Å². The van der Waals surface area contributed by atoms with E-state index < -0.39 is 0 Å². The van der Waals surface area contributed by atoms with Crippen LogP contribution in [0, 0.1) is 0 Å². The van der Waals surface area contributed by atoms with E-state index in [1.807, 2.05) is 25.1 Å². The van der Waals surface area contributed by atoms with Gasteiger partial charge in [0.05, 0.1) is 18.4 Å². The fraction of sp³-hybridized carbons (Fsp3) is 0.312. The van der Waals surface area contributed by atoms with Crippen LogP contribution < -0.4 is 5.32 Å². The Morgan fingerprint density at radius 2 is 2.00 bits per heavy atom. The number of hydrogen-bond donors (Lipinski definition) is 2. The number of nitrogens with one attached hydrogen (secondary N) is 1. The normalized spacial score (nSPS) is 12.3. The van der Waals surface area contributed by atoms with E-state index >= 15 is 0 Å². The summed E-state index contributed by atoms with van der Waals surface area (Å²) in [6.45, 7) is 1.93. The van der Waals surface area contributed by atoms with Crippen LogP contribution in [-0.4, -0.2) is 29.4 Å². The van der Waals surface area contributed by atoms with Gasteiger partial charge < -0.3 is 10.4 Å². The van der Waals surface area contributed by atoms with E-state index in [2.05, 4.69) is 29.6 Å². The lowest BCUT2D eigenvalue weighted by molar-refractivity contribution is -0.119. The second-order valence-electron chi connectivity index (χ2n) is 4.65. The molecule has 106 valence electrons. The third-order valence-corrected chi connectivity index (χ3v) is 4.16. The summed E-state index contributed by atoms with van der Waals surface area (Å²) in [5, 5.41) is 14.3. The van der Waals surface area contributed by atoms with Crippen LogP contribution in [0.5, 0.6) is 0 Å². The first kappa shape index (κ1) is 14.9. The van der Waals surface area contributed by atoms with Gasteiger partial charge in [-0.1, -0.05) is 37.3 Å². The van der Waals surface area contributed by atoms with Gasteiger partial charge in [0.1, 0.15) is 0 Å². The summed E-state index contributed by atoms with van der Waals surface area (Å²) >= 11 is 1.51. The molecular weight excluding hydrogens is 270 g/mol. The van der Waals surface area contributed by atoms with Crippen molar-refractivity contribution in [2.24, 2.45) is 0 Å². The van der Waals surface area contributed by atoms with Crippen molar-refractivity contribution in [3.8, 4) is 0 Å². The molecule has 0 aliphatic rings. The topological polar surface area (TPSA) is 49.3 Å². The van der Waals surface area contributed by atoms with Crippen LogP contribution in [0.1, 0.15) is 13.3 Å². The molecule has 1 amide bonds. The Morgan fingerprint density at radius 3 is 2.70 bits per heavy atom. The number of carbonyl (C=O) groups is 1. The highest BCUT2D eigenvalue weighted by Gasteiger charge is 2.09. The summed E-state index contributed by atoms with van der Waals surface area (Å²) in [7, 11) is 0. The lowest BCUT2D eigenvalue weighted by atomic mass is 10.1. The van der Waals surface area contributed by atoms with Crippen LogP contribution >= 0.6 is 11.8 Å². The van der Waals surface area contributed by atoms with Gasteiger partial charge in [0, 0.05) is 4.90 Å². The molecule has 0 aliphatic heterocycles. The lowest BCUT2D eigenvalue weighted by Gasteiger charge is -2.13. The van der Waals surface area contributed by atoms with E-state index in [-0.39, 0.29) is 18.6 Å². The molecule has 0 saturated heterocycles. The largest absolute Gasteiger partial charge is 0.394 e. The maximum absolute atomic E-state index is 11.8. The highest BCUT2D eigenvalue weighted by atomic mass is 32.2. The first-order chi connectivity index (χ1) is 9.72. The summed E-state index contributed by atoms with van der Waals surface area (Å²) in [5.74, 6) is 0.332. The van der Waals surface area contributed by atoms with Gasteiger partial charge >= 0.3 is 0 Å². The maximum atomic E-state index is 11.8. The number of amides is 1. The number of carbonyl (C=O) groups excluding carboxylic acids is 1. The molecule has 0 heterocycles. The van der Waals surface area contributed by atoms with Crippen molar-refractivity contribution in [2.75, 3.05) is 12.4 Å². The summed E-state index contributed by atoms with van der Waals surface area (Å²) in [5.41, 5.74) is 0. The number of rotatable bonds is 6. The molecule has 2 aromatic rings. The van der Waals surface area contributed by atoms with Gasteiger partial charge in [-0.3, -0.25) is 4.79 Å². The smallest absolute Gasteiger partial charge is 0.230 e. The molecule has 0 aromatic heterocycles. The van der Waals surface area contributed by atoms with Gasteiger partial charge in [0.15, 0.2) is 0 Å². The molecule has 1 unspecified atom stereocenters. The third-order valence-electron chi connectivity index (χ3n) is 3.17. The van der Waals surface area contributed by atoms with Crippen molar-refractivity contribution in [1.82, 2.24) is 5.32 Å². The van der Waals surface area contributed by atoms with Gasteiger partial charge in [0.25, 0.3) is 0 Å². The van der Waals surface area contributed by atoms with Crippen LogP contribution in [0.2, 0.25) is 0 Å². The van der Waals surface area contributed by atoms with Crippen LogP contribution in [0.3, 0.4) is 0 Å². The minimum absolute atomic E-state index is 0.0110. The Kier molecular flexibility index (Phi) is 5.44. The molecule has 2 rings (SSSR count). The number of benzene rings is 2. The van der Waals surface area contributed by atoms with Crippen LogP contribution in [0.25, 0.3) is 10.8 Å². The Bertz CT molecular complexity index is 581. The average molecular weight is 289 g/mol. The van der Waals surface area contributed by atoms with Crippen molar-refractivity contribution in [1.29, 1.82) is 0 Å². The summed E-state index contributed by atoms with van der Waals surface area (Å²) < 4.78 is 0. The minimum Gasteiger partial charge on any atom is -0.394 e. The molecule has 2 N–H and O–H groups in total. The first-order valence-electron chi connectivity index (χ1n) is 6.74. The standard InChI is InChI=1S/C16H19NO2S/c1-2-14(10-18)17-16(19)11-20-15-8-7-12-5-3-4-6-13(12)9-15/h3-9,14,18H,2,10-11H2,1H3,(H,17,19). The molecule has 20 heavy (non-hydrogen) atoms. The second kappa shape index (κ2) is 7.31. The maximum Gasteiger partial charge on any atom is 0.230 e. The van der Waals surface area contributed by atoms with Gasteiger partial charge in [-0.2, -0.15) is 0 Å². The van der Waals surface area contributed by atoms with Crippen molar-refractivity contribution >= 4 is 28.4 Å². The lowest BCUT2D eigenvalue weighted by Crippen LogP contribution is -2.37. The predicted molar refractivity (Wildman–Crippen MR) is 84.0 cm³/mol. The highest BCUT2D eigenvalue weighted by Crippen LogP contribution is 2.23. The Labute approximate surface area is 123 Å². The van der Waals surface area contributed by atoms with Crippen molar-refractivity contribution in [3.63, 3.8) is 0 Å². The number of aliphatic hydroxyl groups excluding tert-OH is 1. The van der Waals surface area contributed by atoms with E-state index in [9.17, 15) is 4.79 Å². The Balaban J connectivity index is 1.93. The predicted octanol–water partition coefficient (Wildman–Crippen LogP) is 2.82. The molecular formula is C16H19NO2S. The summed E-state index contributed by atoms with van der Waals surface area (Å²) in [6, 6.07) is 14.2. The minimum atomic E-state index is -0.139. The van der Waals surface area contributed by atoms with E-state index in [0.717, 1.165) is 11.3 Å². The van der Waals surface area contributed by atoms with E-state index in [1.54, 1.807) is 0 Å². The van der Waals surface area contributed by atoms with Crippen LogP contribution in [0.4, 0.5) is 0 Å². The van der Waals surface area contributed by atoms with E-state index in [0.29, 0.717) is 5.75 Å². The zero-order chi connectivity index (χ0) is 14.4. The number of fused-ring (bicyclic) bond motifs is 1. The molecule has 3 nitrogen and oxygen atoms in total. The van der Waals surface area contributed by atoms with Crippen LogP contribution in [0.15, 0.2) is 47.4 Å². The highest BCUT2D eigenvalue weighted by molar-refractivity contribution is 8.00. The third kappa shape index (κ3) is 3.99. The number of thioether (sulfide) groups is 1. The Morgan fingerprint density at radius 1 is 1.25 bits per heavy atom. The first-order valence-corrected chi connectivity index (χ1v) is 7.73. The fourth-order valence-corrected chi connectivity index (χ4v) is 2.71. The van der Waals surface area contributed by atoms with Crippen molar-refractivity contribution < 1.29 is 9.90 Å². The summed E-state index contributed by atoms with van der Waals surface area (Å²) in [6.07, 6.45) is 0.739. The zero-order valence-corrected chi connectivity index (χ0v) is 12.3. The van der Waals surface area contributed by atoms with Gasteiger partial charge in [0.2, 0.25) is 5.91 Å². The SMILES string of the molecule is CCC(CO)NC(=O)CSc1ccc2ccccc2c1. The van der Waals surface area contributed by atoms with E-state index in [4.69, 9.17) is 5.11 Å². The molecule has 0 spiro atoms. The molecule has 1 atom stereocenters. The quantitative estimate of drug-likeness (QED) is 0.804. The molecule has 2 aromatic carbocycles. The molecule has 0 saturated carbocycles. The molecule has 4 heteroatoms. The molecule has 0 bridgehead atoms. The van der Waals surface area contributed by atoms with E-state index in [1.165, 1.54) is 22.5 Å². The Hall–Kier alpha value is -1.52. The molecule has 0 aliphatic carbocycles. The average Bonchev–Trinajstić information content (AvgIpc) is 2.50. The fourth-order valence-electron chi connectivity index (χ4n) is 1.95. The number of hydrogen-bond acceptors (Lipinski definition) is 3. The zero-order valence-electron chi connectivity index (χ0n) is 11.5. The molecule has 0 radical (unpaired) electrons. The van der Waals surface area contributed by atoms with Gasteiger partial charge in [-0.25, -0.2) is 0 Å². The van der Waals surface area contributed by atoms with Crippen molar-refractivity contribution in [3.05, 3.63) is 42.5 Å². The van der Waals surface area contributed by atoms with Crippen molar-refractivity contribution in [2.45, 2.75) is 24.3 Å². The molecule has 0 fully saturated rings. The van der Waals surface area contributed by atoms with Gasteiger partial charge in [-0.05, 0) is 29.3 Å². The van der Waals surface area contributed by atoms with Crippen LogP contribution in [-0.2, 0) is 4.79 Å². The monoisotopic (exact) mass is 289 g/mol.